The van der Waals surface area contributed by atoms with E-state index in [4.69, 9.17) is 4.74 Å². The molecule has 3 unspecified atom stereocenters. The average molecular weight is 221 g/mol. The Morgan fingerprint density at radius 3 is 2.87 bits per heavy atom. The van der Waals surface area contributed by atoms with Gasteiger partial charge < -0.3 is 4.74 Å². The lowest BCUT2D eigenvalue weighted by Gasteiger charge is -2.11. The average Bonchev–Trinajstić information content (AvgIpc) is 2.83. The van der Waals surface area contributed by atoms with Crippen LogP contribution < -0.4 is 5.32 Å². The summed E-state index contributed by atoms with van der Waals surface area (Å²) in [6, 6.07) is 10.1. The molecule has 3 atom stereocenters. The molecule has 0 spiro atoms. The van der Waals surface area contributed by atoms with E-state index >= 15 is 0 Å². The molecule has 1 N–H and O–H groups in total. The second kappa shape index (κ2) is 3.54. The van der Waals surface area contributed by atoms with Crippen molar-refractivity contribution >= 4 is 17.7 Å². The summed E-state index contributed by atoms with van der Waals surface area (Å²) in [6.45, 7) is 0.546. The van der Waals surface area contributed by atoms with E-state index in [0.29, 0.717) is 6.61 Å². The minimum absolute atomic E-state index is 0.106. The summed E-state index contributed by atoms with van der Waals surface area (Å²) in [4.78, 5) is 11.3. The number of esters is 1. The van der Waals surface area contributed by atoms with Crippen LogP contribution in [-0.2, 0) is 9.53 Å². The first-order valence-electron chi connectivity index (χ1n) is 4.98. The first-order chi connectivity index (χ1) is 7.34. The van der Waals surface area contributed by atoms with Crippen LogP contribution >= 0.6 is 11.8 Å². The topological polar surface area (TPSA) is 38.3 Å². The predicted octanol–water partition coefficient (Wildman–Crippen LogP) is 1.32. The maximum absolute atomic E-state index is 11.3. The van der Waals surface area contributed by atoms with Gasteiger partial charge in [-0.3, -0.25) is 10.1 Å². The van der Waals surface area contributed by atoms with Gasteiger partial charge in [0.1, 0.15) is 12.6 Å². The number of hydrogen-bond donors (Lipinski definition) is 1. The molecule has 0 amide bonds. The van der Waals surface area contributed by atoms with Gasteiger partial charge in [0.15, 0.2) is 0 Å². The van der Waals surface area contributed by atoms with Crippen LogP contribution in [0.15, 0.2) is 30.3 Å². The molecule has 2 saturated heterocycles. The van der Waals surface area contributed by atoms with Crippen LogP contribution in [0.1, 0.15) is 10.9 Å². The first kappa shape index (κ1) is 9.24. The Hall–Kier alpha value is -1.00. The van der Waals surface area contributed by atoms with Gasteiger partial charge >= 0.3 is 5.97 Å². The Labute approximate surface area is 92.2 Å². The van der Waals surface area contributed by atoms with Gasteiger partial charge in [-0.1, -0.05) is 30.3 Å². The molecule has 3 rings (SSSR count). The monoisotopic (exact) mass is 221 g/mol. The lowest BCUT2D eigenvalue weighted by molar-refractivity contribution is -0.139. The van der Waals surface area contributed by atoms with Gasteiger partial charge in [-0.2, -0.15) is 0 Å². The highest BCUT2D eigenvalue weighted by Gasteiger charge is 2.45. The fourth-order valence-electron chi connectivity index (χ4n) is 1.98. The third kappa shape index (κ3) is 1.54. The van der Waals surface area contributed by atoms with Gasteiger partial charge in [0.25, 0.3) is 0 Å². The minimum Gasteiger partial charge on any atom is -0.463 e. The molecule has 0 aromatic heterocycles. The van der Waals surface area contributed by atoms with E-state index in [1.165, 1.54) is 5.56 Å². The number of carbonyl (C=O) groups is 1. The lowest BCUT2D eigenvalue weighted by Crippen LogP contribution is -2.33. The third-order valence-corrected chi connectivity index (χ3v) is 4.20. The highest BCUT2D eigenvalue weighted by atomic mass is 32.2. The van der Waals surface area contributed by atoms with Crippen LogP contribution in [0.5, 0.6) is 0 Å². The molecule has 15 heavy (non-hydrogen) atoms. The summed E-state index contributed by atoms with van der Waals surface area (Å²) in [6.07, 6.45) is 0. The van der Waals surface area contributed by atoms with Gasteiger partial charge in [-0.15, -0.1) is 11.8 Å². The molecule has 0 radical (unpaired) electrons. The van der Waals surface area contributed by atoms with Crippen molar-refractivity contribution in [2.45, 2.75) is 16.7 Å². The molecule has 1 aromatic carbocycles. The Balaban J connectivity index is 1.80. The fourth-order valence-corrected chi connectivity index (χ4v) is 3.36. The SMILES string of the molecule is O=C1OCC2SC(c3ccccc3)NC12. The molecule has 78 valence electrons. The zero-order valence-electron chi connectivity index (χ0n) is 8.05. The summed E-state index contributed by atoms with van der Waals surface area (Å²) in [5, 5.41) is 3.82. The summed E-state index contributed by atoms with van der Waals surface area (Å²) in [7, 11) is 0. The number of thioether (sulfide) groups is 1. The molecule has 2 heterocycles. The molecule has 1 aromatic rings. The van der Waals surface area contributed by atoms with Gasteiger partial charge in [-0.05, 0) is 5.56 Å². The fraction of sp³-hybridized carbons (Fsp3) is 0.364. The van der Waals surface area contributed by atoms with Gasteiger partial charge in [0, 0.05) is 0 Å². The molecule has 4 heteroatoms. The number of carbonyl (C=O) groups excluding carboxylic acids is 1. The van der Waals surface area contributed by atoms with E-state index in [1.807, 2.05) is 18.2 Å². The van der Waals surface area contributed by atoms with Crippen molar-refractivity contribution < 1.29 is 9.53 Å². The normalized spacial score (nSPS) is 33.9. The maximum Gasteiger partial charge on any atom is 0.324 e. The third-order valence-electron chi connectivity index (χ3n) is 2.76. The Kier molecular flexibility index (Phi) is 2.18. The number of fused-ring (bicyclic) bond motifs is 1. The predicted molar refractivity (Wildman–Crippen MR) is 58.4 cm³/mol. The van der Waals surface area contributed by atoms with Crippen molar-refractivity contribution in [2.75, 3.05) is 6.61 Å². The van der Waals surface area contributed by atoms with Crippen LogP contribution in [0.4, 0.5) is 0 Å². The minimum atomic E-state index is -0.111. The second-order valence-corrected chi connectivity index (χ2v) is 5.09. The smallest absolute Gasteiger partial charge is 0.324 e. The summed E-state index contributed by atoms with van der Waals surface area (Å²) in [5.74, 6) is -0.106. The van der Waals surface area contributed by atoms with E-state index in [1.54, 1.807) is 11.8 Å². The van der Waals surface area contributed by atoms with Crippen molar-refractivity contribution in [3.05, 3.63) is 35.9 Å². The van der Waals surface area contributed by atoms with Crippen molar-refractivity contribution in [3.63, 3.8) is 0 Å². The number of hydrogen-bond acceptors (Lipinski definition) is 4. The summed E-state index contributed by atoms with van der Waals surface area (Å²) in [5.41, 5.74) is 1.23. The van der Waals surface area contributed by atoms with Gasteiger partial charge in [-0.25, -0.2) is 0 Å². The molecule has 0 aliphatic carbocycles. The molecule has 2 aliphatic heterocycles. The molecule has 2 fully saturated rings. The van der Waals surface area contributed by atoms with Gasteiger partial charge in [0.05, 0.1) is 10.6 Å². The molecule has 0 saturated carbocycles. The Morgan fingerprint density at radius 2 is 2.13 bits per heavy atom. The lowest BCUT2D eigenvalue weighted by atomic mass is 10.2. The maximum atomic E-state index is 11.3. The van der Waals surface area contributed by atoms with Crippen LogP contribution in [0.2, 0.25) is 0 Å². The zero-order chi connectivity index (χ0) is 10.3. The number of benzene rings is 1. The van der Waals surface area contributed by atoms with E-state index < -0.39 is 0 Å². The molecule has 2 aliphatic rings. The van der Waals surface area contributed by atoms with Gasteiger partial charge in [0.2, 0.25) is 0 Å². The van der Waals surface area contributed by atoms with E-state index in [2.05, 4.69) is 17.4 Å². The molecular formula is C11H11NO2S. The second-order valence-electron chi connectivity index (χ2n) is 3.74. The van der Waals surface area contributed by atoms with E-state index in [0.717, 1.165) is 0 Å². The van der Waals surface area contributed by atoms with Crippen molar-refractivity contribution in [1.29, 1.82) is 0 Å². The van der Waals surface area contributed by atoms with Crippen molar-refractivity contribution in [2.24, 2.45) is 0 Å². The standard InChI is InChI=1S/C11H11NO2S/c13-11-9-8(6-14-11)15-10(12-9)7-4-2-1-3-5-7/h1-5,8-10,12H,6H2. The van der Waals surface area contributed by atoms with Crippen LogP contribution in [0, 0.1) is 0 Å². The molecule has 0 bridgehead atoms. The van der Waals surface area contributed by atoms with Crippen molar-refractivity contribution in [3.8, 4) is 0 Å². The molecular weight excluding hydrogens is 210 g/mol. The van der Waals surface area contributed by atoms with Crippen LogP contribution in [0.3, 0.4) is 0 Å². The Morgan fingerprint density at radius 1 is 1.33 bits per heavy atom. The quantitative estimate of drug-likeness (QED) is 0.726. The van der Waals surface area contributed by atoms with E-state index in [9.17, 15) is 4.79 Å². The first-order valence-corrected chi connectivity index (χ1v) is 5.92. The number of nitrogens with one attached hydrogen (secondary N) is 1. The van der Waals surface area contributed by atoms with E-state index in [-0.39, 0.29) is 22.6 Å². The highest BCUT2D eigenvalue weighted by molar-refractivity contribution is 8.00. The largest absolute Gasteiger partial charge is 0.463 e. The summed E-state index contributed by atoms with van der Waals surface area (Å²) < 4.78 is 4.98. The number of ether oxygens (including phenoxy) is 1. The summed E-state index contributed by atoms with van der Waals surface area (Å²) >= 11 is 1.78. The van der Waals surface area contributed by atoms with Crippen LogP contribution in [0.25, 0.3) is 0 Å². The van der Waals surface area contributed by atoms with Crippen LogP contribution in [-0.4, -0.2) is 23.9 Å². The highest BCUT2D eigenvalue weighted by Crippen LogP contribution is 2.40. The molecule has 3 nitrogen and oxygen atoms in total. The Bertz CT molecular complexity index is 381. The zero-order valence-corrected chi connectivity index (χ0v) is 8.87. The number of cyclic esters (lactones) is 1. The van der Waals surface area contributed by atoms with Crippen molar-refractivity contribution in [1.82, 2.24) is 5.32 Å². The number of rotatable bonds is 1.